The van der Waals surface area contributed by atoms with E-state index in [2.05, 4.69) is 46.8 Å². The van der Waals surface area contributed by atoms with E-state index in [1.54, 1.807) is 0 Å². The molecule has 0 amide bonds. The van der Waals surface area contributed by atoms with Gasteiger partial charge in [-0.1, -0.05) is 19.4 Å². The standard InChI is InChI=1S/C18H28N4O/c1-3-4-5-16-18(19-8-9-21-10-12-23-13-11-21)22-14-15(2)6-7-17(22)20-16/h6-7,14,19H,3-5,8-13H2,1-2H3. The Morgan fingerprint density at radius 1 is 1.26 bits per heavy atom. The molecule has 5 nitrogen and oxygen atoms in total. The second-order valence-electron chi connectivity index (χ2n) is 6.33. The van der Waals surface area contributed by atoms with E-state index in [4.69, 9.17) is 9.72 Å². The van der Waals surface area contributed by atoms with Gasteiger partial charge >= 0.3 is 0 Å². The van der Waals surface area contributed by atoms with E-state index in [9.17, 15) is 0 Å². The van der Waals surface area contributed by atoms with Crippen molar-refractivity contribution < 1.29 is 4.74 Å². The van der Waals surface area contributed by atoms with Gasteiger partial charge in [-0.05, 0) is 31.4 Å². The summed E-state index contributed by atoms with van der Waals surface area (Å²) in [6, 6.07) is 4.24. The topological polar surface area (TPSA) is 41.8 Å². The van der Waals surface area contributed by atoms with Gasteiger partial charge in [-0.15, -0.1) is 0 Å². The average molecular weight is 316 g/mol. The number of anilines is 1. The van der Waals surface area contributed by atoms with Crippen LogP contribution in [-0.2, 0) is 11.2 Å². The molecular weight excluding hydrogens is 288 g/mol. The van der Waals surface area contributed by atoms with Crippen LogP contribution in [0.15, 0.2) is 18.3 Å². The Kier molecular flexibility index (Phi) is 5.51. The lowest BCUT2D eigenvalue weighted by atomic mass is 10.2. The third kappa shape index (κ3) is 4.03. The van der Waals surface area contributed by atoms with Crippen molar-refractivity contribution in [2.45, 2.75) is 33.1 Å². The fourth-order valence-corrected chi connectivity index (χ4v) is 3.06. The maximum atomic E-state index is 5.41. The molecule has 3 heterocycles. The number of imidazole rings is 1. The molecule has 2 aromatic rings. The first kappa shape index (κ1) is 16.3. The molecule has 1 fully saturated rings. The minimum Gasteiger partial charge on any atom is -0.379 e. The predicted molar refractivity (Wildman–Crippen MR) is 94.3 cm³/mol. The fourth-order valence-electron chi connectivity index (χ4n) is 3.06. The number of aryl methyl sites for hydroxylation is 2. The first-order valence-corrected chi connectivity index (χ1v) is 8.79. The highest BCUT2D eigenvalue weighted by Gasteiger charge is 2.13. The van der Waals surface area contributed by atoms with Crippen LogP contribution in [0.5, 0.6) is 0 Å². The van der Waals surface area contributed by atoms with Crippen molar-refractivity contribution in [2.75, 3.05) is 44.7 Å². The van der Waals surface area contributed by atoms with Gasteiger partial charge in [-0.2, -0.15) is 0 Å². The maximum Gasteiger partial charge on any atom is 0.138 e. The number of fused-ring (bicyclic) bond motifs is 1. The smallest absolute Gasteiger partial charge is 0.138 e. The Hall–Kier alpha value is -1.59. The van der Waals surface area contributed by atoms with Crippen LogP contribution in [0.2, 0.25) is 0 Å². The Morgan fingerprint density at radius 3 is 2.87 bits per heavy atom. The minimum absolute atomic E-state index is 0.858. The highest BCUT2D eigenvalue weighted by molar-refractivity contribution is 5.56. The van der Waals surface area contributed by atoms with Gasteiger partial charge in [-0.3, -0.25) is 9.30 Å². The first-order chi connectivity index (χ1) is 11.3. The largest absolute Gasteiger partial charge is 0.379 e. The number of aromatic nitrogens is 2. The van der Waals surface area contributed by atoms with Crippen molar-refractivity contribution in [3.8, 4) is 0 Å². The fraction of sp³-hybridized carbons (Fsp3) is 0.611. The average Bonchev–Trinajstić information content (AvgIpc) is 2.91. The zero-order valence-electron chi connectivity index (χ0n) is 14.3. The third-order valence-electron chi connectivity index (χ3n) is 4.43. The van der Waals surface area contributed by atoms with Crippen LogP contribution in [0.1, 0.15) is 31.0 Å². The van der Waals surface area contributed by atoms with Crippen molar-refractivity contribution >= 4 is 11.5 Å². The normalized spacial score (nSPS) is 16.1. The molecule has 0 saturated carbocycles. The number of rotatable bonds is 7. The lowest BCUT2D eigenvalue weighted by molar-refractivity contribution is 0.0398. The van der Waals surface area contributed by atoms with Crippen LogP contribution < -0.4 is 5.32 Å². The van der Waals surface area contributed by atoms with E-state index in [0.29, 0.717) is 0 Å². The minimum atomic E-state index is 0.858. The van der Waals surface area contributed by atoms with Gasteiger partial charge in [0.1, 0.15) is 11.5 Å². The number of morpholine rings is 1. The zero-order chi connectivity index (χ0) is 16.1. The van der Waals surface area contributed by atoms with Gasteiger partial charge in [0.05, 0.1) is 18.9 Å². The summed E-state index contributed by atoms with van der Waals surface area (Å²) in [4.78, 5) is 7.28. The van der Waals surface area contributed by atoms with E-state index in [-0.39, 0.29) is 0 Å². The molecule has 1 N–H and O–H groups in total. The third-order valence-corrected chi connectivity index (χ3v) is 4.43. The summed E-state index contributed by atoms with van der Waals surface area (Å²) >= 11 is 0. The molecule has 0 aliphatic carbocycles. The second kappa shape index (κ2) is 7.79. The molecule has 1 aliphatic rings. The van der Waals surface area contributed by atoms with E-state index in [0.717, 1.165) is 51.5 Å². The molecule has 126 valence electrons. The Labute approximate surface area is 138 Å². The molecule has 3 rings (SSSR count). The molecular formula is C18H28N4O. The molecule has 0 radical (unpaired) electrons. The molecule has 0 bridgehead atoms. The molecule has 1 aliphatic heterocycles. The SMILES string of the molecule is CCCCc1nc2ccc(C)cn2c1NCCN1CCOCC1. The van der Waals surface area contributed by atoms with Gasteiger partial charge in [0.2, 0.25) is 0 Å². The molecule has 23 heavy (non-hydrogen) atoms. The highest BCUT2D eigenvalue weighted by atomic mass is 16.5. The van der Waals surface area contributed by atoms with Crippen LogP contribution in [-0.4, -0.2) is 53.7 Å². The summed E-state index contributed by atoms with van der Waals surface area (Å²) in [6.07, 6.45) is 5.59. The number of unbranched alkanes of at least 4 members (excludes halogenated alkanes) is 1. The summed E-state index contributed by atoms with van der Waals surface area (Å²) in [5.74, 6) is 1.17. The lowest BCUT2D eigenvalue weighted by Crippen LogP contribution is -2.39. The Balaban J connectivity index is 1.72. The molecule has 2 aromatic heterocycles. The first-order valence-electron chi connectivity index (χ1n) is 8.79. The molecule has 5 heteroatoms. The Morgan fingerprint density at radius 2 is 2.09 bits per heavy atom. The number of hydrogen-bond acceptors (Lipinski definition) is 4. The van der Waals surface area contributed by atoms with Gasteiger partial charge in [0.15, 0.2) is 0 Å². The number of hydrogen-bond donors (Lipinski definition) is 1. The quantitative estimate of drug-likeness (QED) is 0.853. The molecule has 0 atom stereocenters. The van der Waals surface area contributed by atoms with Crippen LogP contribution >= 0.6 is 0 Å². The predicted octanol–water partition coefficient (Wildman–Crippen LogP) is 2.73. The Bertz CT molecular complexity index is 631. The maximum absolute atomic E-state index is 5.41. The van der Waals surface area contributed by atoms with Crippen LogP contribution in [0, 0.1) is 6.92 Å². The van der Waals surface area contributed by atoms with E-state index in [1.165, 1.54) is 29.9 Å². The van der Waals surface area contributed by atoms with E-state index >= 15 is 0 Å². The summed E-state index contributed by atoms with van der Waals surface area (Å²) < 4.78 is 7.62. The summed E-state index contributed by atoms with van der Waals surface area (Å²) in [5, 5.41) is 3.64. The van der Waals surface area contributed by atoms with Gasteiger partial charge in [0.25, 0.3) is 0 Å². The zero-order valence-corrected chi connectivity index (χ0v) is 14.3. The van der Waals surface area contributed by atoms with Crippen molar-refractivity contribution in [1.82, 2.24) is 14.3 Å². The van der Waals surface area contributed by atoms with Crippen molar-refractivity contribution in [3.63, 3.8) is 0 Å². The molecule has 0 unspecified atom stereocenters. The van der Waals surface area contributed by atoms with Crippen molar-refractivity contribution in [1.29, 1.82) is 0 Å². The highest BCUT2D eigenvalue weighted by Crippen LogP contribution is 2.21. The van der Waals surface area contributed by atoms with E-state index in [1.807, 2.05) is 0 Å². The number of pyridine rings is 1. The number of ether oxygens (including phenoxy) is 1. The van der Waals surface area contributed by atoms with Crippen molar-refractivity contribution in [3.05, 3.63) is 29.6 Å². The summed E-state index contributed by atoms with van der Waals surface area (Å²) in [7, 11) is 0. The van der Waals surface area contributed by atoms with Crippen LogP contribution in [0.25, 0.3) is 5.65 Å². The van der Waals surface area contributed by atoms with E-state index < -0.39 is 0 Å². The molecule has 0 spiro atoms. The molecule has 1 saturated heterocycles. The van der Waals surface area contributed by atoms with Gasteiger partial charge in [0, 0.05) is 32.4 Å². The van der Waals surface area contributed by atoms with Crippen LogP contribution in [0.4, 0.5) is 5.82 Å². The summed E-state index contributed by atoms with van der Waals surface area (Å²) in [5.41, 5.74) is 3.49. The van der Waals surface area contributed by atoms with Crippen LogP contribution in [0.3, 0.4) is 0 Å². The van der Waals surface area contributed by atoms with Gasteiger partial charge < -0.3 is 10.1 Å². The lowest BCUT2D eigenvalue weighted by Gasteiger charge is -2.26. The van der Waals surface area contributed by atoms with Gasteiger partial charge in [-0.25, -0.2) is 4.98 Å². The molecule has 0 aromatic carbocycles. The summed E-state index contributed by atoms with van der Waals surface area (Å²) in [6.45, 7) is 10.1. The second-order valence-corrected chi connectivity index (χ2v) is 6.33. The monoisotopic (exact) mass is 316 g/mol. The van der Waals surface area contributed by atoms with Crippen molar-refractivity contribution in [2.24, 2.45) is 0 Å². The number of nitrogens with one attached hydrogen (secondary N) is 1. The number of nitrogens with zero attached hydrogens (tertiary/aromatic N) is 3.